The van der Waals surface area contributed by atoms with E-state index in [1.807, 2.05) is 0 Å². The number of alkyl halides is 2. The number of carbonyl (C=O) groups excluding carboxylic acids is 1. The predicted molar refractivity (Wildman–Crippen MR) is 125 cm³/mol. The molecule has 0 spiro atoms. The van der Waals surface area contributed by atoms with Gasteiger partial charge in [-0.3, -0.25) is 13.9 Å². The van der Waals surface area contributed by atoms with Crippen LogP contribution in [0, 0.1) is 0 Å². The Hall–Kier alpha value is -3.41. The van der Waals surface area contributed by atoms with Crippen LogP contribution in [0.25, 0.3) is 0 Å². The maximum atomic E-state index is 13.6. The standard InChI is InChI=1S/C24H27F2NO8S/c1-24(2,3)35-22(30)12-15-7-9-20-19(11-15)27(14-17(33-20)8-10-21(28)29)36(31,32)18-6-4-5-16(13-18)34-23(25)26/h4-7,9,11,13,17,23H,8,10,12,14H2,1-3H3,(H,28,29)/t17-/m0/s1. The van der Waals surface area contributed by atoms with E-state index < -0.39 is 40.3 Å². The summed E-state index contributed by atoms with van der Waals surface area (Å²) in [5, 5.41) is 9.04. The first kappa shape index (κ1) is 27.2. The molecule has 0 amide bonds. The van der Waals surface area contributed by atoms with Crippen molar-refractivity contribution in [3.8, 4) is 11.5 Å². The van der Waals surface area contributed by atoms with Gasteiger partial charge in [0, 0.05) is 12.5 Å². The molecule has 0 radical (unpaired) electrons. The number of nitrogens with zero attached hydrogens (tertiary/aromatic N) is 1. The third-order valence-corrected chi connectivity index (χ3v) is 6.80. The lowest BCUT2D eigenvalue weighted by Gasteiger charge is -2.35. The van der Waals surface area contributed by atoms with Gasteiger partial charge in [0.25, 0.3) is 10.0 Å². The second-order valence-electron chi connectivity index (χ2n) is 9.13. The van der Waals surface area contributed by atoms with Gasteiger partial charge in [-0.05, 0) is 57.0 Å². The average molecular weight is 528 g/mol. The van der Waals surface area contributed by atoms with Crippen molar-refractivity contribution in [3.05, 3.63) is 48.0 Å². The summed E-state index contributed by atoms with van der Waals surface area (Å²) >= 11 is 0. The molecule has 1 aliphatic heterocycles. The van der Waals surface area contributed by atoms with Gasteiger partial charge in [-0.1, -0.05) is 12.1 Å². The summed E-state index contributed by atoms with van der Waals surface area (Å²) in [5.74, 6) is -1.73. The van der Waals surface area contributed by atoms with Crippen LogP contribution in [0.3, 0.4) is 0 Å². The molecule has 0 aliphatic carbocycles. The van der Waals surface area contributed by atoms with Crippen LogP contribution in [0.4, 0.5) is 14.5 Å². The minimum atomic E-state index is -4.31. The Bertz CT molecular complexity index is 1230. The molecule has 0 fully saturated rings. The van der Waals surface area contributed by atoms with E-state index >= 15 is 0 Å². The molecule has 1 atom stereocenters. The highest BCUT2D eigenvalue weighted by Crippen LogP contribution is 2.39. The van der Waals surface area contributed by atoms with E-state index in [1.54, 1.807) is 26.8 Å². The van der Waals surface area contributed by atoms with Crippen molar-refractivity contribution in [2.75, 3.05) is 10.8 Å². The molecule has 196 valence electrons. The van der Waals surface area contributed by atoms with Gasteiger partial charge in [-0.15, -0.1) is 0 Å². The molecule has 1 N–H and O–H groups in total. The lowest BCUT2D eigenvalue weighted by molar-refractivity contribution is -0.154. The number of fused-ring (bicyclic) bond motifs is 1. The molecule has 3 rings (SSSR count). The van der Waals surface area contributed by atoms with E-state index in [2.05, 4.69) is 4.74 Å². The molecule has 2 aromatic rings. The maximum absolute atomic E-state index is 13.6. The number of carboxylic acid groups (broad SMARTS) is 1. The quantitative estimate of drug-likeness (QED) is 0.486. The maximum Gasteiger partial charge on any atom is 0.387 e. The van der Waals surface area contributed by atoms with Crippen LogP contribution in [0.2, 0.25) is 0 Å². The van der Waals surface area contributed by atoms with Crippen molar-refractivity contribution in [2.45, 2.75) is 63.2 Å². The lowest BCUT2D eigenvalue weighted by Crippen LogP contribution is -2.43. The van der Waals surface area contributed by atoms with Crippen LogP contribution in [0.15, 0.2) is 47.4 Å². The number of benzene rings is 2. The van der Waals surface area contributed by atoms with Crippen molar-refractivity contribution >= 4 is 27.6 Å². The number of hydrogen-bond donors (Lipinski definition) is 1. The summed E-state index contributed by atoms with van der Waals surface area (Å²) in [4.78, 5) is 23.1. The number of aliphatic carboxylic acids is 1. The summed E-state index contributed by atoms with van der Waals surface area (Å²) in [6.45, 7) is 1.82. The Kier molecular flexibility index (Phi) is 8.07. The number of halogens is 2. The summed E-state index contributed by atoms with van der Waals surface area (Å²) in [7, 11) is -4.31. The van der Waals surface area contributed by atoms with E-state index in [9.17, 15) is 26.8 Å². The smallest absolute Gasteiger partial charge is 0.387 e. The molecule has 12 heteroatoms. The van der Waals surface area contributed by atoms with Crippen molar-refractivity contribution in [3.63, 3.8) is 0 Å². The highest BCUT2D eigenvalue weighted by Gasteiger charge is 2.35. The molecular formula is C24H27F2NO8S. The van der Waals surface area contributed by atoms with Crippen LogP contribution < -0.4 is 13.8 Å². The Balaban J connectivity index is 1.99. The van der Waals surface area contributed by atoms with Crippen molar-refractivity contribution in [1.82, 2.24) is 0 Å². The molecule has 1 heterocycles. The monoisotopic (exact) mass is 527 g/mol. The first-order chi connectivity index (χ1) is 16.7. The highest BCUT2D eigenvalue weighted by atomic mass is 32.2. The number of rotatable bonds is 9. The van der Waals surface area contributed by atoms with Gasteiger partial charge in [-0.25, -0.2) is 8.42 Å². The molecule has 0 saturated heterocycles. The van der Waals surface area contributed by atoms with Gasteiger partial charge in [0.15, 0.2) is 0 Å². The number of carbonyl (C=O) groups is 2. The first-order valence-corrected chi connectivity index (χ1v) is 12.5. The number of anilines is 1. The van der Waals surface area contributed by atoms with Gasteiger partial charge in [0.05, 0.1) is 23.5 Å². The highest BCUT2D eigenvalue weighted by molar-refractivity contribution is 7.92. The fourth-order valence-electron chi connectivity index (χ4n) is 3.61. The van der Waals surface area contributed by atoms with Crippen molar-refractivity contribution < 1.29 is 46.1 Å². The van der Waals surface area contributed by atoms with Crippen LogP contribution in [0.5, 0.6) is 11.5 Å². The molecule has 0 saturated carbocycles. The fraction of sp³-hybridized carbons (Fsp3) is 0.417. The molecule has 9 nitrogen and oxygen atoms in total. The summed E-state index contributed by atoms with van der Waals surface area (Å²) in [6.07, 6.45) is -1.11. The number of hydrogen-bond acceptors (Lipinski definition) is 7. The third-order valence-electron chi connectivity index (χ3n) is 5.02. The minimum Gasteiger partial charge on any atom is -0.486 e. The molecule has 0 aromatic heterocycles. The number of carboxylic acids is 1. The lowest BCUT2D eigenvalue weighted by atomic mass is 10.1. The van der Waals surface area contributed by atoms with E-state index in [-0.39, 0.29) is 47.9 Å². The minimum absolute atomic E-state index is 0.0367. The van der Waals surface area contributed by atoms with Crippen LogP contribution >= 0.6 is 0 Å². The van der Waals surface area contributed by atoms with E-state index in [0.717, 1.165) is 10.4 Å². The van der Waals surface area contributed by atoms with E-state index in [0.29, 0.717) is 5.56 Å². The Morgan fingerprint density at radius 2 is 1.92 bits per heavy atom. The second-order valence-corrected chi connectivity index (χ2v) is 11.0. The van der Waals surface area contributed by atoms with E-state index in [1.165, 1.54) is 30.3 Å². The third kappa shape index (κ3) is 7.06. The van der Waals surface area contributed by atoms with Crippen molar-refractivity contribution in [1.29, 1.82) is 0 Å². The van der Waals surface area contributed by atoms with Gasteiger partial charge in [-0.2, -0.15) is 8.78 Å². The molecular weight excluding hydrogens is 500 g/mol. The molecule has 1 aliphatic rings. The Labute approximate surface area is 207 Å². The zero-order valence-corrected chi connectivity index (χ0v) is 20.8. The Morgan fingerprint density at radius 3 is 2.56 bits per heavy atom. The molecule has 36 heavy (non-hydrogen) atoms. The zero-order valence-electron chi connectivity index (χ0n) is 19.9. The molecule has 0 unspecified atom stereocenters. The topological polar surface area (TPSA) is 119 Å². The Morgan fingerprint density at radius 1 is 1.19 bits per heavy atom. The molecule has 0 bridgehead atoms. The SMILES string of the molecule is CC(C)(C)OC(=O)Cc1ccc2c(c1)N(S(=O)(=O)c1cccc(OC(F)F)c1)C[C@H](CCC(=O)O)O2. The van der Waals surface area contributed by atoms with Crippen LogP contribution in [-0.2, 0) is 30.8 Å². The zero-order chi connectivity index (χ0) is 26.7. The number of ether oxygens (including phenoxy) is 3. The first-order valence-electron chi connectivity index (χ1n) is 11.1. The van der Waals surface area contributed by atoms with Gasteiger partial charge < -0.3 is 19.3 Å². The normalized spacial score (nSPS) is 15.7. The summed E-state index contributed by atoms with van der Waals surface area (Å²) in [5.41, 5.74) is -0.111. The van der Waals surface area contributed by atoms with E-state index in [4.69, 9.17) is 14.6 Å². The van der Waals surface area contributed by atoms with Gasteiger partial charge in [0.2, 0.25) is 0 Å². The molecule has 2 aromatic carbocycles. The van der Waals surface area contributed by atoms with Crippen LogP contribution in [-0.4, -0.2) is 50.3 Å². The van der Waals surface area contributed by atoms with Crippen molar-refractivity contribution in [2.24, 2.45) is 0 Å². The summed E-state index contributed by atoms with van der Waals surface area (Å²) < 4.78 is 69.1. The number of sulfonamides is 1. The number of esters is 1. The van der Waals surface area contributed by atoms with Gasteiger partial charge >= 0.3 is 18.6 Å². The summed E-state index contributed by atoms with van der Waals surface area (Å²) in [6, 6.07) is 9.25. The van der Waals surface area contributed by atoms with Crippen LogP contribution in [0.1, 0.15) is 39.2 Å². The largest absolute Gasteiger partial charge is 0.486 e. The fourth-order valence-corrected chi connectivity index (χ4v) is 5.15. The second kappa shape index (κ2) is 10.7. The van der Waals surface area contributed by atoms with Gasteiger partial charge in [0.1, 0.15) is 23.2 Å². The predicted octanol–water partition coefficient (Wildman–Crippen LogP) is 3.99. The average Bonchev–Trinajstić information content (AvgIpc) is 2.75.